The van der Waals surface area contributed by atoms with Gasteiger partial charge in [0.25, 0.3) is 5.56 Å². The van der Waals surface area contributed by atoms with Gasteiger partial charge in [0.15, 0.2) is 0 Å². The molecule has 118 valence electrons. The molecule has 3 heteroatoms. The Hall–Kier alpha value is -1.87. The number of aromatic nitrogens is 1. The predicted octanol–water partition coefficient (Wildman–Crippen LogP) is 3.62. The van der Waals surface area contributed by atoms with Crippen LogP contribution in [0.1, 0.15) is 53.8 Å². The number of benzene rings is 1. The number of unbranched alkanes of at least 4 members (excludes halogenated alkanes) is 1. The van der Waals surface area contributed by atoms with Crippen molar-refractivity contribution in [2.24, 2.45) is 5.73 Å². The number of hydrogen-bond donors (Lipinski definition) is 1. The summed E-state index contributed by atoms with van der Waals surface area (Å²) in [6.07, 6.45) is 2.07. The van der Waals surface area contributed by atoms with Gasteiger partial charge in [-0.2, -0.15) is 0 Å². The maximum absolute atomic E-state index is 12.8. The Balaban J connectivity index is 2.46. The standard InChI is InChI=1S/C19H26N2O/c1-5-6-11-21-15(4)8-10-17(19(21)22)18(20)16-9-7-13(2)12-14(16)3/h7-10,12,18H,5-6,11,20H2,1-4H3. The second-order valence-electron chi connectivity index (χ2n) is 6.08. The van der Waals surface area contributed by atoms with E-state index in [0.717, 1.165) is 36.2 Å². The summed E-state index contributed by atoms with van der Waals surface area (Å²) in [5.74, 6) is 0. The Morgan fingerprint density at radius 2 is 1.77 bits per heavy atom. The monoisotopic (exact) mass is 298 g/mol. The van der Waals surface area contributed by atoms with Crippen molar-refractivity contribution in [1.29, 1.82) is 0 Å². The van der Waals surface area contributed by atoms with Crippen LogP contribution < -0.4 is 11.3 Å². The van der Waals surface area contributed by atoms with Crippen molar-refractivity contribution in [3.8, 4) is 0 Å². The Labute approximate surface area is 132 Å². The van der Waals surface area contributed by atoms with E-state index in [1.807, 2.05) is 42.7 Å². The Kier molecular flexibility index (Phi) is 5.19. The molecule has 2 rings (SSSR count). The van der Waals surface area contributed by atoms with Gasteiger partial charge in [0.1, 0.15) is 0 Å². The largest absolute Gasteiger partial charge is 0.320 e. The topological polar surface area (TPSA) is 48.0 Å². The summed E-state index contributed by atoms with van der Waals surface area (Å²) < 4.78 is 1.85. The fourth-order valence-corrected chi connectivity index (χ4v) is 2.86. The minimum Gasteiger partial charge on any atom is -0.320 e. The number of aryl methyl sites for hydroxylation is 3. The average molecular weight is 298 g/mol. The van der Waals surface area contributed by atoms with Crippen LogP contribution >= 0.6 is 0 Å². The minimum atomic E-state index is -0.374. The van der Waals surface area contributed by atoms with E-state index >= 15 is 0 Å². The first-order chi connectivity index (χ1) is 10.5. The fraction of sp³-hybridized carbons (Fsp3) is 0.421. The quantitative estimate of drug-likeness (QED) is 0.916. The second kappa shape index (κ2) is 6.93. The van der Waals surface area contributed by atoms with Crippen molar-refractivity contribution in [2.75, 3.05) is 0 Å². The molecular weight excluding hydrogens is 272 g/mol. The molecule has 2 N–H and O–H groups in total. The molecule has 2 aromatic rings. The SMILES string of the molecule is CCCCn1c(C)ccc(C(N)c2ccc(C)cc2C)c1=O. The van der Waals surface area contributed by atoms with E-state index in [0.29, 0.717) is 5.56 Å². The molecule has 1 heterocycles. The van der Waals surface area contributed by atoms with Gasteiger partial charge in [-0.05, 0) is 50.5 Å². The smallest absolute Gasteiger partial charge is 0.255 e. The van der Waals surface area contributed by atoms with Crippen molar-refractivity contribution in [3.05, 3.63) is 68.6 Å². The highest BCUT2D eigenvalue weighted by Crippen LogP contribution is 2.21. The molecule has 1 atom stereocenters. The number of hydrogen-bond acceptors (Lipinski definition) is 2. The molecule has 0 spiro atoms. The Morgan fingerprint density at radius 3 is 2.41 bits per heavy atom. The Morgan fingerprint density at radius 1 is 1.09 bits per heavy atom. The number of nitrogens with two attached hydrogens (primary N) is 1. The number of rotatable bonds is 5. The van der Waals surface area contributed by atoms with Crippen molar-refractivity contribution >= 4 is 0 Å². The summed E-state index contributed by atoms with van der Waals surface area (Å²) in [4.78, 5) is 12.8. The van der Waals surface area contributed by atoms with Gasteiger partial charge in [0.2, 0.25) is 0 Å². The van der Waals surface area contributed by atoms with E-state index in [4.69, 9.17) is 5.73 Å². The molecule has 0 aliphatic heterocycles. The lowest BCUT2D eigenvalue weighted by atomic mass is 9.95. The van der Waals surface area contributed by atoms with E-state index in [1.54, 1.807) is 0 Å². The van der Waals surface area contributed by atoms with Gasteiger partial charge in [0.05, 0.1) is 6.04 Å². The summed E-state index contributed by atoms with van der Waals surface area (Å²) in [7, 11) is 0. The molecule has 0 aliphatic rings. The molecule has 0 aliphatic carbocycles. The van der Waals surface area contributed by atoms with Gasteiger partial charge in [-0.3, -0.25) is 4.79 Å². The third-order valence-corrected chi connectivity index (χ3v) is 4.25. The zero-order valence-electron chi connectivity index (χ0n) is 14.0. The highest BCUT2D eigenvalue weighted by molar-refractivity contribution is 5.38. The van der Waals surface area contributed by atoms with Gasteiger partial charge in [-0.15, -0.1) is 0 Å². The molecule has 22 heavy (non-hydrogen) atoms. The second-order valence-corrected chi connectivity index (χ2v) is 6.08. The Bertz CT molecular complexity index is 716. The minimum absolute atomic E-state index is 0.0425. The van der Waals surface area contributed by atoms with E-state index in [2.05, 4.69) is 19.9 Å². The molecule has 1 aromatic heterocycles. The third-order valence-electron chi connectivity index (χ3n) is 4.25. The third kappa shape index (κ3) is 3.30. The highest BCUT2D eigenvalue weighted by Gasteiger charge is 2.16. The zero-order valence-corrected chi connectivity index (χ0v) is 14.0. The molecule has 1 unspecified atom stereocenters. The molecule has 0 saturated carbocycles. The van der Waals surface area contributed by atoms with Crippen LogP contribution in [0.5, 0.6) is 0 Å². The summed E-state index contributed by atoms with van der Waals surface area (Å²) in [5, 5.41) is 0. The average Bonchev–Trinajstić information content (AvgIpc) is 2.46. The predicted molar refractivity (Wildman–Crippen MR) is 92.3 cm³/mol. The van der Waals surface area contributed by atoms with Crippen LogP contribution in [0.3, 0.4) is 0 Å². The van der Waals surface area contributed by atoms with Crippen LogP contribution in [-0.2, 0) is 6.54 Å². The maximum atomic E-state index is 12.8. The van der Waals surface area contributed by atoms with Crippen molar-refractivity contribution in [2.45, 2.75) is 53.1 Å². The summed E-state index contributed by atoms with van der Waals surface area (Å²) in [5.41, 5.74) is 11.5. The van der Waals surface area contributed by atoms with E-state index in [1.165, 1.54) is 5.56 Å². The fourth-order valence-electron chi connectivity index (χ4n) is 2.86. The molecule has 1 aromatic carbocycles. The van der Waals surface area contributed by atoms with Crippen LogP contribution in [0.15, 0.2) is 35.1 Å². The first-order valence-corrected chi connectivity index (χ1v) is 7.98. The van der Waals surface area contributed by atoms with Crippen molar-refractivity contribution < 1.29 is 0 Å². The van der Waals surface area contributed by atoms with Gasteiger partial charge < -0.3 is 10.3 Å². The molecule has 0 bridgehead atoms. The van der Waals surface area contributed by atoms with Crippen LogP contribution in [0.25, 0.3) is 0 Å². The first-order valence-electron chi connectivity index (χ1n) is 7.98. The van der Waals surface area contributed by atoms with Crippen LogP contribution in [0.4, 0.5) is 0 Å². The van der Waals surface area contributed by atoms with Crippen molar-refractivity contribution in [3.63, 3.8) is 0 Å². The molecule has 0 radical (unpaired) electrons. The zero-order chi connectivity index (χ0) is 16.3. The van der Waals surface area contributed by atoms with E-state index in [9.17, 15) is 4.79 Å². The van der Waals surface area contributed by atoms with E-state index < -0.39 is 0 Å². The lowest BCUT2D eigenvalue weighted by Gasteiger charge is -2.18. The summed E-state index contributed by atoms with van der Waals surface area (Å²) in [6.45, 7) is 8.97. The number of nitrogens with zero attached hydrogens (tertiary/aromatic N) is 1. The van der Waals surface area contributed by atoms with Crippen LogP contribution in [-0.4, -0.2) is 4.57 Å². The lowest BCUT2D eigenvalue weighted by molar-refractivity contribution is 0.590. The van der Waals surface area contributed by atoms with Gasteiger partial charge in [-0.1, -0.05) is 37.1 Å². The van der Waals surface area contributed by atoms with Crippen molar-refractivity contribution in [1.82, 2.24) is 4.57 Å². The van der Waals surface area contributed by atoms with Gasteiger partial charge in [0, 0.05) is 17.8 Å². The van der Waals surface area contributed by atoms with Gasteiger partial charge >= 0.3 is 0 Å². The van der Waals surface area contributed by atoms with Crippen LogP contribution in [0, 0.1) is 20.8 Å². The van der Waals surface area contributed by atoms with E-state index in [-0.39, 0.29) is 11.6 Å². The number of pyridine rings is 1. The van der Waals surface area contributed by atoms with Crippen LogP contribution in [0.2, 0.25) is 0 Å². The maximum Gasteiger partial charge on any atom is 0.255 e. The summed E-state index contributed by atoms with van der Waals surface area (Å²) >= 11 is 0. The molecule has 3 nitrogen and oxygen atoms in total. The lowest BCUT2D eigenvalue weighted by Crippen LogP contribution is -2.30. The molecule has 0 amide bonds. The molecule has 0 fully saturated rings. The van der Waals surface area contributed by atoms with Gasteiger partial charge in [-0.25, -0.2) is 0 Å². The normalized spacial score (nSPS) is 12.4. The summed E-state index contributed by atoms with van der Waals surface area (Å²) in [6, 6.07) is 9.69. The first kappa shape index (κ1) is 16.5. The highest BCUT2D eigenvalue weighted by atomic mass is 16.1. The molecule has 0 saturated heterocycles. The molecular formula is C19H26N2O.